The van der Waals surface area contributed by atoms with Gasteiger partial charge in [-0.25, -0.2) is 14.6 Å². The standard InChI is InChI=1S/C28H24ClF3N8O/c1-15-10-22(34-25(11-15)36-24-12-17(6-8-33-24)28(30,31)32)23-14-40(38-37-23)16(2)27(41)39-9-7-21-19(13-39)18-4-3-5-20(29)26(18)35-21/h3-6,8,10-12,14,16,35H,7,9,13H2,1-2H3,(H,33,34,36). The highest BCUT2D eigenvalue weighted by atomic mass is 35.5. The predicted octanol–water partition coefficient (Wildman–Crippen LogP) is 6.09. The number of hydrogen-bond donors (Lipinski definition) is 2. The van der Waals surface area contributed by atoms with Crippen molar-refractivity contribution in [1.82, 2.24) is 34.8 Å². The summed E-state index contributed by atoms with van der Waals surface area (Å²) in [7, 11) is 0. The molecule has 13 heteroatoms. The van der Waals surface area contributed by atoms with Crippen molar-refractivity contribution in [3.8, 4) is 11.4 Å². The zero-order chi connectivity index (χ0) is 28.9. The molecular weight excluding hydrogens is 557 g/mol. The first-order valence-electron chi connectivity index (χ1n) is 12.8. The van der Waals surface area contributed by atoms with Crippen molar-refractivity contribution in [2.75, 3.05) is 11.9 Å². The van der Waals surface area contributed by atoms with Gasteiger partial charge in [0.05, 0.1) is 28.0 Å². The maximum Gasteiger partial charge on any atom is 0.416 e. The number of amides is 1. The van der Waals surface area contributed by atoms with E-state index in [0.29, 0.717) is 41.7 Å². The van der Waals surface area contributed by atoms with Gasteiger partial charge < -0.3 is 15.2 Å². The van der Waals surface area contributed by atoms with Gasteiger partial charge in [0.25, 0.3) is 0 Å². The first-order valence-corrected chi connectivity index (χ1v) is 13.2. The second-order valence-corrected chi connectivity index (χ2v) is 10.4. The molecule has 9 nitrogen and oxygen atoms in total. The Morgan fingerprint density at radius 2 is 1.98 bits per heavy atom. The Kier molecular flexibility index (Phi) is 6.65. The highest BCUT2D eigenvalue weighted by molar-refractivity contribution is 6.35. The van der Waals surface area contributed by atoms with Gasteiger partial charge in [-0.2, -0.15) is 13.2 Å². The van der Waals surface area contributed by atoms with Gasteiger partial charge in [0.15, 0.2) is 0 Å². The van der Waals surface area contributed by atoms with Gasteiger partial charge in [0.1, 0.15) is 23.4 Å². The number of nitrogens with one attached hydrogen (secondary N) is 2. The van der Waals surface area contributed by atoms with Crippen LogP contribution in [0.5, 0.6) is 0 Å². The third kappa shape index (κ3) is 5.22. The highest BCUT2D eigenvalue weighted by Crippen LogP contribution is 2.33. The number of aryl methyl sites for hydroxylation is 1. The lowest BCUT2D eigenvalue weighted by Crippen LogP contribution is -2.39. The minimum absolute atomic E-state index is 0.00825. The van der Waals surface area contributed by atoms with Crippen LogP contribution >= 0.6 is 11.6 Å². The number of H-pyrrole nitrogens is 1. The zero-order valence-electron chi connectivity index (χ0n) is 22.0. The van der Waals surface area contributed by atoms with Crippen LogP contribution < -0.4 is 5.32 Å². The average Bonchev–Trinajstić information content (AvgIpc) is 3.58. The Morgan fingerprint density at radius 3 is 2.78 bits per heavy atom. The molecule has 1 atom stereocenters. The van der Waals surface area contributed by atoms with Crippen molar-refractivity contribution in [2.24, 2.45) is 0 Å². The highest BCUT2D eigenvalue weighted by Gasteiger charge is 2.31. The van der Waals surface area contributed by atoms with Crippen molar-refractivity contribution in [2.45, 2.75) is 39.0 Å². The minimum atomic E-state index is -4.49. The molecule has 0 saturated carbocycles. The lowest BCUT2D eigenvalue weighted by molar-refractivity contribution is -0.137. The van der Waals surface area contributed by atoms with E-state index in [1.807, 2.05) is 25.1 Å². The molecule has 0 fully saturated rings. The number of carbonyl (C=O) groups is 1. The normalized spacial score (nSPS) is 14.2. The number of halogens is 4. The number of aromatic amines is 1. The summed E-state index contributed by atoms with van der Waals surface area (Å²) in [5, 5.41) is 12.9. The van der Waals surface area contributed by atoms with Gasteiger partial charge in [0, 0.05) is 42.4 Å². The fourth-order valence-corrected chi connectivity index (χ4v) is 5.24. The van der Waals surface area contributed by atoms with Crippen molar-refractivity contribution in [3.05, 3.63) is 82.3 Å². The smallest absolute Gasteiger partial charge is 0.357 e. The van der Waals surface area contributed by atoms with Crippen LogP contribution in [0.1, 0.15) is 35.3 Å². The van der Waals surface area contributed by atoms with Crippen molar-refractivity contribution in [3.63, 3.8) is 0 Å². The Balaban J connectivity index is 1.20. The Bertz CT molecular complexity index is 1780. The second kappa shape index (κ2) is 10.2. The molecule has 1 aliphatic rings. The number of rotatable bonds is 5. The van der Waals surface area contributed by atoms with E-state index in [-0.39, 0.29) is 11.7 Å². The number of carbonyl (C=O) groups excluding carboxylic acids is 1. The molecule has 210 valence electrons. The lowest BCUT2D eigenvalue weighted by atomic mass is 10.0. The summed E-state index contributed by atoms with van der Waals surface area (Å²) in [6.07, 6.45) is -1.08. The maximum absolute atomic E-state index is 13.5. The van der Waals surface area contributed by atoms with Crippen molar-refractivity contribution in [1.29, 1.82) is 0 Å². The lowest BCUT2D eigenvalue weighted by Gasteiger charge is -2.29. The third-order valence-corrected chi connectivity index (χ3v) is 7.43. The number of benzene rings is 1. The fraction of sp³-hybridized carbons (Fsp3) is 0.250. The predicted molar refractivity (Wildman–Crippen MR) is 148 cm³/mol. The molecule has 5 heterocycles. The van der Waals surface area contributed by atoms with Crippen LogP contribution in [-0.2, 0) is 23.9 Å². The summed E-state index contributed by atoms with van der Waals surface area (Å²) in [5.74, 6) is 0.209. The van der Waals surface area contributed by atoms with E-state index in [9.17, 15) is 18.0 Å². The van der Waals surface area contributed by atoms with E-state index in [0.717, 1.165) is 46.1 Å². The number of hydrogen-bond acceptors (Lipinski definition) is 6. The summed E-state index contributed by atoms with van der Waals surface area (Å²) in [6, 6.07) is 10.4. The van der Waals surface area contributed by atoms with Crippen LogP contribution in [0.15, 0.2) is 54.9 Å². The molecule has 0 spiro atoms. The molecule has 0 radical (unpaired) electrons. The molecule has 0 aliphatic carbocycles. The molecule has 5 aromatic rings. The first kappa shape index (κ1) is 26.8. The monoisotopic (exact) mass is 580 g/mol. The molecule has 41 heavy (non-hydrogen) atoms. The molecule has 1 unspecified atom stereocenters. The van der Waals surface area contributed by atoms with Crippen molar-refractivity contribution >= 4 is 40.0 Å². The van der Waals surface area contributed by atoms with E-state index < -0.39 is 17.8 Å². The van der Waals surface area contributed by atoms with Gasteiger partial charge >= 0.3 is 6.18 Å². The fourth-order valence-electron chi connectivity index (χ4n) is 5.02. The van der Waals surface area contributed by atoms with Gasteiger partial charge in [-0.1, -0.05) is 28.9 Å². The molecule has 6 rings (SSSR count). The van der Waals surface area contributed by atoms with E-state index in [1.165, 1.54) is 4.68 Å². The molecule has 1 amide bonds. The van der Waals surface area contributed by atoms with Crippen LogP contribution in [0.25, 0.3) is 22.3 Å². The van der Waals surface area contributed by atoms with Gasteiger partial charge in [0.2, 0.25) is 5.91 Å². The molecule has 0 saturated heterocycles. The van der Waals surface area contributed by atoms with Crippen LogP contribution in [0.2, 0.25) is 5.02 Å². The molecule has 2 N–H and O–H groups in total. The largest absolute Gasteiger partial charge is 0.416 e. The Labute approximate surface area is 237 Å². The van der Waals surface area contributed by atoms with E-state index in [4.69, 9.17) is 11.6 Å². The molecular formula is C28H24ClF3N8O. The molecule has 1 aromatic carbocycles. The minimum Gasteiger partial charge on any atom is -0.357 e. The number of alkyl halides is 3. The van der Waals surface area contributed by atoms with Crippen LogP contribution in [-0.4, -0.2) is 47.3 Å². The summed E-state index contributed by atoms with van der Waals surface area (Å²) < 4.78 is 40.8. The number of para-hydroxylation sites is 1. The number of fused-ring (bicyclic) bond motifs is 3. The summed E-state index contributed by atoms with van der Waals surface area (Å²) in [4.78, 5) is 27.1. The first-order chi connectivity index (χ1) is 19.6. The number of anilines is 2. The van der Waals surface area contributed by atoms with Gasteiger partial charge in [-0.05, 0) is 49.7 Å². The van der Waals surface area contributed by atoms with Crippen LogP contribution in [0.4, 0.5) is 24.8 Å². The van der Waals surface area contributed by atoms with Crippen molar-refractivity contribution < 1.29 is 18.0 Å². The molecule has 1 aliphatic heterocycles. The quantitative estimate of drug-likeness (QED) is 0.261. The van der Waals surface area contributed by atoms with Gasteiger partial charge in [-0.3, -0.25) is 4.79 Å². The Morgan fingerprint density at radius 1 is 1.15 bits per heavy atom. The van der Waals surface area contributed by atoms with Crippen LogP contribution in [0.3, 0.4) is 0 Å². The molecule has 0 bridgehead atoms. The number of nitrogens with zero attached hydrogens (tertiary/aromatic N) is 6. The zero-order valence-corrected chi connectivity index (χ0v) is 22.8. The summed E-state index contributed by atoms with van der Waals surface area (Å²) >= 11 is 6.36. The summed E-state index contributed by atoms with van der Waals surface area (Å²) in [5.41, 5.74) is 3.87. The van der Waals surface area contributed by atoms with E-state index in [2.05, 4.69) is 30.6 Å². The second-order valence-electron chi connectivity index (χ2n) is 9.98. The maximum atomic E-state index is 13.5. The number of aromatic nitrogens is 6. The average molecular weight is 581 g/mol. The summed E-state index contributed by atoms with van der Waals surface area (Å²) in [6.45, 7) is 4.60. The van der Waals surface area contributed by atoms with E-state index >= 15 is 0 Å². The topological polar surface area (TPSA) is 105 Å². The third-order valence-electron chi connectivity index (χ3n) is 7.11. The van der Waals surface area contributed by atoms with Gasteiger partial charge in [-0.15, -0.1) is 5.10 Å². The van der Waals surface area contributed by atoms with E-state index in [1.54, 1.807) is 30.2 Å². The Hall–Kier alpha value is -4.45. The van der Waals surface area contributed by atoms with Crippen LogP contribution in [0, 0.1) is 6.92 Å². The SMILES string of the molecule is Cc1cc(Nc2cc(C(F)(F)F)ccn2)nc(-c2cn(C(C)C(=O)N3CCc4[nH]c5c(Cl)cccc5c4C3)nn2)c1. The number of pyridine rings is 2. The molecule has 4 aromatic heterocycles.